The van der Waals surface area contributed by atoms with Gasteiger partial charge in [-0.05, 0) is 33.6 Å². The van der Waals surface area contributed by atoms with Gasteiger partial charge in [-0.25, -0.2) is 0 Å². The molecule has 1 aromatic rings. The number of hydrogen-bond acceptors (Lipinski definition) is 4. The Balaban J connectivity index is 3.20. The first-order valence-electron chi connectivity index (χ1n) is 5.26. The van der Waals surface area contributed by atoms with E-state index < -0.39 is 5.41 Å². The van der Waals surface area contributed by atoms with Gasteiger partial charge in [0.1, 0.15) is 0 Å². The average Bonchev–Trinajstić information content (AvgIpc) is 2.31. The molecule has 0 aliphatic rings. The van der Waals surface area contributed by atoms with E-state index in [2.05, 4.69) is 15.9 Å². The Kier molecular flexibility index (Phi) is 4.41. The zero-order valence-corrected chi connectivity index (χ0v) is 11.8. The number of rotatable bonds is 4. The highest BCUT2D eigenvalue weighted by Gasteiger charge is 2.28. The van der Waals surface area contributed by atoms with Crippen LogP contribution in [0, 0.1) is 5.41 Å². The fraction of sp³-hybridized carbons (Fsp3) is 0.500. The van der Waals surface area contributed by atoms with Gasteiger partial charge in [-0.1, -0.05) is 13.8 Å². The van der Waals surface area contributed by atoms with Crippen LogP contribution >= 0.6 is 15.9 Å². The Morgan fingerprint density at radius 2 is 2.06 bits per heavy atom. The maximum atomic E-state index is 9.70. The van der Waals surface area contributed by atoms with Crippen LogP contribution in [0.25, 0.3) is 0 Å². The third-order valence-electron chi connectivity index (χ3n) is 2.88. The van der Waals surface area contributed by atoms with Crippen molar-refractivity contribution in [2.75, 3.05) is 13.7 Å². The largest absolute Gasteiger partial charge is 0.503 e. The summed E-state index contributed by atoms with van der Waals surface area (Å²) in [7, 11) is 1.48. The monoisotopic (exact) mass is 303 g/mol. The highest BCUT2D eigenvalue weighted by Crippen LogP contribution is 2.40. The second-order valence-corrected chi connectivity index (χ2v) is 5.53. The van der Waals surface area contributed by atoms with E-state index >= 15 is 0 Å². The summed E-state index contributed by atoms with van der Waals surface area (Å²) in [5.74, 6) is 0.406. The molecule has 96 valence electrons. The molecule has 1 atom stereocenters. The topological polar surface area (TPSA) is 75.7 Å². The summed E-state index contributed by atoms with van der Waals surface area (Å²) < 4.78 is 5.59. The third kappa shape index (κ3) is 2.91. The van der Waals surface area contributed by atoms with E-state index in [1.165, 1.54) is 7.11 Å². The minimum atomic E-state index is -0.443. The Morgan fingerprint density at radius 3 is 2.53 bits per heavy atom. The molecule has 0 unspecified atom stereocenters. The number of benzene rings is 1. The lowest BCUT2D eigenvalue weighted by Crippen LogP contribution is -2.32. The molecule has 0 aromatic heterocycles. The molecule has 1 aromatic carbocycles. The summed E-state index contributed by atoms with van der Waals surface area (Å²) in [5, 5.41) is 19.0. The van der Waals surface area contributed by atoms with Crippen molar-refractivity contribution in [3.8, 4) is 11.5 Å². The number of phenols is 1. The van der Waals surface area contributed by atoms with Crippen molar-refractivity contribution >= 4 is 15.9 Å². The molecule has 0 spiro atoms. The first-order valence-corrected chi connectivity index (χ1v) is 6.05. The zero-order valence-electron chi connectivity index (χ0n) is 10.2. The van der Waals surface area contributed by atoms with Crippen LogP contribution in [0.2, 0.25) is 0 Å². The van der Waals surface area contributed by atoms with E-state index in [9.17, 15) is 10.2 Å². The van der Waals surface area contributed by atoms with Gasteiger partial charge < -0.3 is 20.7 Å². The quantitative estimate of drug-likeness (QED) is 0.797. The van der Waals surface area contributed by atoms with Gasteiger partial charge in [-0.15, -0.1) is 0 Å². The van der Waals surface area contributed by atoms with E-state index in [0.717, 1.165) is 5.56 Å². The van der Waals surface area contributed by atoms with Crippen LogP contribution in [0.4, 0.5) is 0 Å². The minimum Gasteiger partial charge on any atom is -0.503 e. The van der Waals surface area contributed by atoms with Crippen molar-refractivity contribution in [2.24, 2.45) is 11.1 Å². The SMILES string of the molecule is COc1cc([C@@H](N)C(C)(C)CO)cc(Br)c1O. The highest BCUT2D eigenvalue weighted by molar-refractivity contribution is 9.10. The lowest BCUT2D eigenvalue weighted by Gasteiger charge is -2.30. The van der Waals surface area contributed by atoms with Crippen molar-refractivity contribution in [1.29, 1.82) is 0 Å². The summed E-state index contributed by atoms with van der Waals surface area (Å²) in [6, 6.07) is 3.07. The summed E-state index contributed by atoms with van der Waals surface area (Å²) in [5.41, 5.74) is 6.46. The van der Waals surface area contributed by atoms with E-state index in [1.54, 1.807) is 12.1 Å². The standard InChI is InChI=1S/C12H18BrNO3/c1-12(2,6-15)11(14)7-4-8(13)10(16)9(5-7)17-3/h4-5,11,15-16H,6,14H2,1-3H3/t11-/m1/s1. The van der Waals surface area contributed by atoms with Crippen LogP contribution < -0.4 is 10.5 Å². The van der Waals surface area contributed by atoms with Crippen molar-refractivity contribution in [1.82, 2.24) is 0 Å². The Morgan fingerprint density at radius 1 is 1.47 bits per heavy atom. The lowest BCUT2D eigenvalue weighted by atomic mass is 9.82. The number of hydrogen-bond donors (Lipinski definition) is 3. The Hall–Kier alpha value is -0.780. The van der Waals surface area contributed by atoms with Gasteiger partial charge in [0.2, 0.25) is 0 Å². The minimum absolute atomic E-state index is 0.0189. The maximum absolute atomic E-state index is 9.70. The molecule has 0 heterocycles. The molecule has 5 heteroatoms. The average molecular weight is 304 g/mol. The summed E-state index contributed by atoms with van der Waals surface area (Å²) in [6.07, 6.45) is 0. The summed E-state index contributed by atoms with van der Waals surface area (Å²) in [6.45, 7) is 3.74. The van der Waals surface area contributed by atoms with Crippen LogP contribution in [0.15, 0.2) is 16.6 Å². The fourth-order valence-electron chi connectivity index (χ4n) is 1.48. The summed E-state index contributed by atoms with van der Waals surface area (Å²) >= 11 is 3.25. The molecule has 0 aliphatic carbocycles. The van der Waals surface area contributed by atoms with Crippen LogP contribution in [0.1, 0.15) is 25.5 Å². The Bertz CT molecular complexity index is 407. The molecule has 4 N–H and O–H groups in total. The van der Waals surface area contributed by atoms with Gasteiger partial charge >= 0.3 is 0 Å². The van der Waals surface area contributed by atoms with E-state index in [0.29, 0.717) is 10.2 Å². The fourth-order valence-corrected chi connectivity index (χ4v) is 1.94. The maximum Gasteiger partial charge on any atom is 0.172 e. The molecule has 4 nitrogen and oxygen atoms in total. The lowest BCUT2D eigenvalue weighted by molar-refractivity contribution is 0.132. The first kappa shape index (κ1) is 14.3. The molecule has 17 heavy (non-hydrogen) atoms. The van der Waals surface area contributed by atoms with Gasteiger partial charge in [-0.3, -0.25) is 0 Å². The van der Waals surface area contributed by atoms with Crippen LogP contribution in [0.3, 0.4) is 0 Å². The second kappa shape index (κ2) is 5.25. The highest BCUT2D eigenvalue weighted by atomic mass is 79.9. The Labute approximate surface area is 110 Å². The van der Waals surface area contributed by atoms with Crippen molar-refractivity contribution in [3.05, 3.63) is 22.2 Å². The van der Waals surface area contributed by atoms with E-state index in [1.807, 2.05) is 13.8 Å². The molecular formula is C12H18BrNO3. The number of ether oxygens (including phenoxy) is 1. The number of halogens is 1. The molecule has 0 saturated carbocycles. The van der Waals surface area contributed by atoms with Crippen LogP contribution in [-0.2, 0) is 0 Å². The van der Waals surface area contributed by atoms with E-state index in [-0.39, 0.29) is 18.4 Å². The molecule has 0 saturated heterocycles. The van der Waals surface area contributed by atoms with Gasteiger partial charge in [0.15, 0.2) is 11.5 Å². The van der Waals surface area contributed by atoms with E-state index in [4.69, 9.17) is 10.5 Å². The number of aromatic hydroxyl groups is 1. The number of aliphatic hydroxyl groups excluding tert-OH is 1. The predicted molar refractivity (Wildman–Crippen MR) is 70.2 cm³/mol. The smallest absolute Gasteiger partial charge is 0.172 e. The molecule has 0 aliphatic heterocycles. The van der Waals surface area contributed by atoms with Crippen molar-refractivity contribution in [2.45, 2.75) is 19.9 Å². The first-order chi connectivity index (χ1) is 7.83. The van der Waals surface area contributed by atoms with Gasteiger partial charge in [0, 0.05) is 18.1 Å². The van der Waals surface area contributed by atoms with Crippen LogP contribution in [0.5, 0.6) is 11.5 Å². The van der Waals surface area contributed by atoms with Crippen LogP contribution in [-0.4, -0.2) is 23.9 Å². The molecular weight excluding hydrogens is 286 g/mol. The van der Waals surface area contributed by atoms with Gasteiger partial charge in [-0.2, -0.15) is 0 Å². The van der Waals surface area contributed by atoms with Gasteiger partial charge in [0.25, 0.3) is 0 Å². The van der Waals surface area contributed by atoms with Crippen molar-refractivity contribution in [3.63, 3.8) is 0 Å². The van der Waals surface area contributed by atoms with Crippen molar-refractivity contribution < 1.29 is 14.9 Å². The predicted octanol–water partition coefficient (Wildman–Crippen LogP) is 2.18. The van der Waals surface area contributed by atoms with Gasteiger partial charge in [0.05, 0.1) is 11.6 Å². The summed E-state index contributed by atoms with van der Waals surface area (Å²) in [4.78, 5) is 0. The number of methoxy groups -OCH3 is 1. The molecule has 0 bridgehead atoms. The number of nitrogens with two attached hydrogens (primary N) is 1. The molecule has 1 rings (SSSR count). The normalized spacial score (nSPS) is 13.5. The number of aliphatic hydroxyl groups is 1. The number of phenolic OH excluding ortho intramolecular Hbond substituents is 1. The molecule has 0 amide bonds. The zero-order chi connectivity index (χ0) is 13.2. The third-order valence-corrected chi connectivity index (χ3v) is 3.48. The molecule has 0 radical (unpaired) electrons. The second-order valence-electron chi connectivity index (χ2n) is 4.68. The molecule has 0 fully saturated rings.